The second kappa shape index (κ2) is 6.13. The van der Waals surface area contributed by atoms with Crippen LogP contribution in [-0.2, 0) is 9.59 Å². The second-order valence-corrected chi connectivity index (χ2v) is 3.93. The number of allylic oxidation sites excluding steroid dienone is 3. The number of carboxylic acids is 1. The molecule has 0 saturated carbocycles. The van der Waals surface area contributed by atoms with Crippen molar-refractivity contribution in [3.8, 4) is 0 Å². The Balaban J connectivity index is 2.67. The summed E-state index contributed by atoms with van der Waals surface area (Å²) in [6.45, 7) is 0. The molecule has 0 amide bonds. The van der Waals surface area contributed by atoms with Gasteiger partial charge in [-0.05, 0) is 23.7 Å². The summed E-state index contributed by atoms with van der Waals surface area (Å²) in [5, 5.41) is 18.4. The molecule has 0 atom stereocenters. The van der Waals surface area contributed by atoms with Crippen LogP contribution in [0.5, 0.6) is 0 Å². The molecule has 1 heterocycles. The van der Waals surface area contributed by atoms with Gasteiger partial charge in [-0.2, -0.15) is 0 Å². The third kappa shape index (κ3) is 3.62. The molecule has 1 aromatic rings. The molecule has 108 valence electrons. The average Bonchev–Trinajstić information content (AvgIpc) is 2.62. The second-order valence-electron chi connectivity index (χ2n) is 3.93. The van der Waals surface area contributed by atoms with Gasteiger partial charge in [0.1, 0.15) is 17.3 Å². The van der Waals surface area contributed by atoms with Gasteiger partial charge in [0.15, 0.2) is 0 Å². The van der Waals surface area contributed by atoms with Gasteiger partial charge in [-0.25, -0.2) is 9.38 Å². The standard InChI is InChI=1S/C15H12FNO4/c16-11-3-1-2-9(6-11)10-7-13(19)15(17-8-10)12(18)4-5-14(20)21/h1-3,6-8,18H,4-5H2,(H,20,21)/i1D,2D,3D,6D,7D,8D. The maximum absolute atomic E-state index is 14.0. The van der Waals surface area contributed by atoms with Crippen LogP contribution in [0.4, 0.5) is 4.39 Å². The summed E-state index contributed by atoms with van der Waals surface area (Å²) < 4.78 is 60.2. The van der Waals surface area contributed by atoms with Gasteiger partial charge >= 0.3 is 5.97 Å². The number of rotatable bonds is 4. The van der Waals surface area contributed by atoms with E-state index in [2.05, 4.69) is 4.99 Å². The Kier molecular flexibility index (Phi) is 2.48. The zero-order chi connectivity index (χ0) is 20.6. The molecule has 0 radical (unpaired) electrons. The number of hydrogen-bond donors (Lipinski definition) is 2. The first-order valence-corrected chi connectivity index (χ1v) is 5.70. The van der Waals surface area contributed by atoms with Crippen molar-refractivity contribution in [2.45, 2.75) is 12.8 Å². The normalized spacial score (nSPS) is 21.6. The maximum atomic E-state index is 14.0. The summed E-state index contributed by atoms with van der Waals surface area (Å²) in [5.74, 6) is -4.65. The van der Waals surface area contributed by atoms with E-state index in [0.29, 0.717) is 0 Å². The Labute approximate surface area is 128 Å². The van der Waals surface area contributed by atoms with Crippen LogP contribution in [0.1, 0.15) is 26.6 Å². The van der Waals surface area contributed by atoms with Gasteiger partial charge < -0.3 is 10.2 Å². The third-order valence-electron chi connectivity index (χ3n) is 2.43. The molecule has 1 aromatic carbocycles. The topological polar surface area (TPSA) is 87.0 Å². The summed E-state index contributed by atoms with van der Waals surface area (Å²) in [7, 11) is 0. The molecule has 0 aliphatic carbocycles. The number of hydrogen-bond acceptors (Lipinski definition) is 4. The van der Waals surface area contributed by atoms with Crippen molar-refractivity contribution in [2.75, 3.05) is 0 Å². The average molecular weight is 295 g/mol. The van der Waals surface area contributed by atoms with Gasteiger partial charge in [-0.15, -0.1) is 0 Å². The van der Waals surface area contributed by atoms with E-state index in [1.807, 2.05) is 0 Å². The van der Waals surface area contributed by atoms with Gasteiger partial charge in [-0.3, -0.25) is 9.59 Å². The first-order valence-electron chi connectivity index (χ1n) is 8.70. The number of aliphatic carboxylic acids is 1. The van der Waals surface area contributed by atoms with Gasteiger partial charge in [0.25, 0.3) is 0 Å². The molecule has 0 fully saturated rings. The highest BCUT2D eigenvalue weighted by molar-refractivity contribution is 6.23. The molecule has 2 N–H and O–H groups in total. The molecule has 0 spiro atoms. The molecule has 0 unspecified atom stereocenters. The van der Waals surface area contributed by atoms with Crippen LogP contribution < -0.4 is 0 Å². The van der Waals surface area contributed by atoms with Crippen LogP contribution in [0, 0.1) is 5.82 Å². The van der Waals surface area contributed by atoms with Crippen molar-refractivity contribution < 1.29 is 32.4 Å². The summed E-state index contributed by atoms with van der Waals surface area (Å²) in [6.07, 6.45) is -1.83. The van der Waals surface area contributed by atoms with Crippen molar-refractivity contribution in [3.63, 3.8) is 0 Å². The molecule has 0 bridgehead atoms. The Bertz CT molecular complexity index is 941. The molecule has 1 aliphatic heterocycles. The maximum Gasteiger partial charge on any atom is 0.303 e. The monoisotopic (exact) mass is 295 g/mol. The number of carbonyl (C=O) groups is 2. The van der Waals surface area contributed by atoms with E-state index in [1.165, 1.54) is 0 Å². The van der Waals surface area contributed by atoms with E-state index in [1.54, 1.807) is 0 Å². The molecule has 6 heteroatoms. The van der Waals surface area contributed by atoms with Crippen molar-refractivity contribution >= 4 is 23.5 Å². The molecular weight excluding hydrogens is 277 g/mol. The van der Waals surface area contributed by atoms with Crippen molar-refractivity contribution in [1.29, 1.82) is 0 Å². The number of halogens is 1. The summed E-state index contributed by atoms with van der Waals surface area (Å²) in [4.78, 5) is 26.4. The van der Waals surface area contributed by atoms with Crippen LogP contribution in [-0.4, -0.2) is 28.2 Å². The first kappa shape index (κ1) is 8.51. The predicted octanol–water partition coefficient (Wildman–Crippen LogP) is 2.50. The van der Waals surface area contributed by atoms with E-state index in [-0.39, 0.29) is 0 Å². The first-order chi connectivity index (χ1) is 12.5. The van der Waals surface area contributed by atoms with Crippen LogP contribution >= 0.6 is 0 Å². The smallest absolute Gasteiger partial charge is 0.303 e. The number of aliphatic imine (C=N–C) groups is 1. The third-order valence-corrected chi connectivity index (χ3v) is 2.43. The van der Waals surface area contributed by atoms with Crippen molar-refractivity contribution in [1.82, 2.24) is 0 Å². The number of dihydropyridines is 1. The van der Waals surface area contributed by atoms with Crippen LogP contribution in [0.25, 0.3) is 5.57 Å². The van der Waals surface area contributed by atoms with Crippen molar-refractivity contribution in [2.24, 2.45) is 4.99 Å². The van der Waals surface area contributed by atoms with E-state index < -0.39 is 89.4 Å². The summed E-state index contributed by atoms with van der Waals surface area (Å²) >= 11 is 0. The summed E-state index contributed by atoms with van der Waals surface area (Å²) in [5.41, 5.74) is -2.11. The highest BCUT2D eigenvalue weighted by atomic mass is 19.1. The minimum absolute atomic E-state index is 0.470. The lowest BCUT2D eigenvalue weighted by atomic mass is 10.0. The van der Waals surface area contributed by atoms with E-state index >= 15 is 0 Å². The fourth-order valence-electron chi connectivity index (χ4n) is 1.47. The zero-order valence-corrected chi connectivity index (χ0v) is 10.5. The quantitative estimate of drug-likeness (QED) is 0.660. The minimum atomic E-state index is -1.45. The Morgan fingerprint density at radius 3 is 2.81 bits per heavy atom. The number of carboxylic acid groups (broad SMARTS) is 1. The fourth-order valence-corrected chi connectivity index (χ4v) is 1.47. The highest BCUT2D eigenvalue weighted by Gasteiger charge is 2.18. The molecule has 5 nitrogen and oxygen atoms in total. The van der Waals surface area contributed by atoms with Gasteiger partial charge in [-0.1, -0.05) is 12.1 Å². The van der Waals surface area contributed by atoms with Crippen LogP contribution in [0.2, 0.25) is 0 Å². The van der Waals surface area contributed by atoms with E-state index in [9.17, 15) is 19.1 Å². The Hall–Kier alpha value is -2.76. The van der Waals surface area contributed by atoms with Crippen LogP contribution in [0.15, 0.2) is 46.7 Å². The molecule has 21 heavy (non-hydrogen) atoms. The molecule has 0 aromatic heterocycles. The lowest BCUT2D eigenvalue weighted by Crippen LogP contribution is -2.09. The summed E-state index contributed by atoms with van der Waals surface area (Å²) in [6, 6.07) is -4.70. The number of ketones is 1. The lowest BCUT2D eigenvalue weighted by molar-refractivity contribution is -0.137. The number of nitrogens with zero attached hydrogens (tertiary/aromatic N) is 1. The molecule has 1 aliphatic rings. The van der Waals surface area contributed by atoms with Crippen LogP contribution in [0.3, 0.4) is 0 Å². The number of aliphatic hydroxyl groups is 1. The molecule has 0 saturated heterocycles. The predicted molar refractivity (Wildman–Crippen MR) is 74.4 cm³/mol. The SMILES string of the molecule is [2H]C1=NC(=C(O)CCC(=O)O)C(=O)C([2H])=C1c1c([2H])c([2H])c([2H])c(F)c1[2H]. The number of aliphatic hydroxyl groups excluding tert-OH is 1. The minimum Gasteiger partial charge on any atom is -0.510 e. The van der Waals surface area contributed by atoms with Gasteiger partial charge in [0, 0.05) is 18.2 Å². The zero-order valence-electron chi connectivity index (χ0n) is 16.5. The van der Waals surface area contributed by atoms with Gasteiger partial charge in [0.05, 0.1) is 14.6 Å². The molecular formula is C15H12FNO4. The van der Waals surface area contributed by atoms with E-state index in [0.717, 1.165) is 0 Å². The van der Waals surface area contributed by atoms with Crippen molar-refractivity contribution in [3.05, 3.63) is 53.1 Å². The van der Waals surface area contributed by atoms with Gasteiger partial charge in [0.2, 0.25) is 5.78 Å². The fraction of sp³-hybridized carbons (Fsp3) is 0.133. The molecule has 2 rings (SSSR count). The Morgan fingerprint density at radius 2 is 2.10 bits per heavy atom. The Morgan fingerprint density at radius 1 is 1.33 bits per heavy atom. The number of benzene rings is 1. The highest BCUT2D eigenvalue weighted by Crippen LogP contribution is 2.21. The van der Waals surface area contributed by atoms with E-state index in [4.69, 9.17) is 13.3 Å². The number of carbonyl (C=O) groups excluding carboxylic acids is 1. The lowest BCUT2D eigenvalue weighted by Gasteiger charge is -2.10. The largest absolute Gasteiger partial charge is 0.510 e.